The number of rotatable bonds is 14. The maximum Gasteiger partial charge on any atom is 0.224 e. The number of carbonyl (C=O) groups is 1. The number of benzene rings is 1. The lowest BCUT2D eigenvalue weighted by molar-refractivity contribution is -0.116. The third-order valence-electron chi connectivity index (χ3n) is 5.03. The molecule has 0 saturated heterocycles. The van der Waals surface area contributed by atoms with E-state index in [1.807, 2.05) is 0 Å². The van der Waals surface area contributed by atoms with Crippen LogP contribution in [0.5, 0.6) is 23.0 Å². The topological polar surface area (TPSA) is 88.0 Å². The van der Waals surface area contributed by atoms with Crippen LogP contribution < -0.4 is 14.8 Å². The van der Waals surface area contributed by atoms with E-state index in [2.05, 4.69) is 12.2 Å². The summed E-state index contributed by atoms with van der Waals surface area (Å²) in [6, 6.07) is 0. The van der Waals surface area contributed by atoms with E-state index in [1.165, 1.54) is 59.2 Å². The van der Waals surface area contributed by atoms with Gasteiger partial charge in [-0.05, 0) is 13.3 Å². The molecule has 0 aromatic heterocycles. The molecule has 1 aromatic rings. The third kappa shape index (κ3) is 7.13. The second-order valence-corrected chi connectivity index (χ2v) is 7.24. The Hall–Kier alpha value is -2.11. The van der Waals surface area contributed by atoms with Crippen LogP contribution in [0, 0.1) is 6.92 Å². The summed E-state index contributed by atoms with van der Waals surface area (Å²) in [5.74, 6) is -0.549. The first-order valence-electron chi connectivity index (χ1n) is 10.4. The Labute approximate surface area is 169 Å². The van der Waals surface area contributed by atoms with Crippen molar-refractivity contribution >= 4 is 11.6 Å². The molecule has 28 heavy (non-hydrogen) atoms. The fourth-order valence-corrected chi connectivity index (χ4v) is 3.30. The van der Waals surface area contributed by atoms with Crippen LogP contribution >= 0.6 is 0 Å². The number of hydrogen-bond donors (Lipinski definition) is 3. The molecule has 0 saturated carbocycles. The first-order chi connectivity index (χ1) is 13.5. The van der Waals surface area contributed by atoms with Gasteiger partial charge in [0, 0.05) is 12.0 Å². The number of aromatic hydroxyl groups is 2. The molecule has 0 aliphatic rings. The van der Waals surface area contributed by atoms with E-state index in [0.29, 0.717) is 12.0 Å². The van der Waals surface area contributed by atoms with E-state index in [-0.39, 0.29) is 34.6 Å². The molecule has 6 nitrogen and oxygen atoms in total. The molecule has 3 N–H and O–H groups in total. The van der Waals surface area contributed by atoms with Gasteiger partial charge in [-0.15, -0.1) is 0 Å². The lowest BCUT2D eigenvalue weighted by atomic mass is 10.1. The minimum atomic E-state index is -0.244. The number of amides is 1. The summed E-state index contributed by atoms with van der Waals surface area (Å²) in [7, 11) is 2.74. The Balaban J connectivity index is 2.41. The molecule has 1 aromatic carbocycles. The molecule has 160 valence electrons. The average molecular weight is 396 g/mol. The predicted molar refractivity (Wildman–Crippen MR) is 113 cm³/mol. The Kier molecular flexibility index (Phi) is 11.2. The van der Waals surface area contributed by atoms with Crippen LogP contribution in [0.1, 0.15) is 83.1 Å². The van der Waals surface area contributed by atoms with Crippen molar-refractivity contribution in [3.05, 3.63) is 5.56 Å². The zero-order valence-electron chi connectivity index (χ0n) is 17.9. The van der Waals surface area contributed by atoms with Gasteiger partial charge in [0.2, 0.25) is 17.4 Å². The van der Waals surface area contributed by atoms with Gasteiger partial charge in [0.25, 0.3) is 0 Å². The minimum absolute atomic E-state index is 0.000151. The Morgan fingerprint density at radius 1 is 0.821 bits per heavy atom. The Morgan fingerprint density at radius 3 is 1.79 bits per heavy atom. The van der Waals surface area contributed by atoms with Crippen LogP contribution in [0.2, 0.25) is 0 Å². The zero-order chi connectivity index (χ0) is 20.9. The van der Waals surface area contributed by atoms with Crippen molar-refractivity contribution in [1.82, 2.24) is 0 Å². The van der Waals surface area contributed by atoms with Crippen molar-refractivity contribution in [2.75, 3.05) is 19.5 Å². The SMILES string of the molecule is CCCCCCCCCCCCC(=O)Nc1c(C)c(O)c(OC)c(OC)c1O. The van der Waals surface area contributed by atoms with Crippen LogP contribution in [0.15, 0.2) is 0 Å². The average Bonchev–Trinajstić information content (AvgIpc) is 2.69. The molecular formula is C22H37NO5. The van der Waals surface area contributed by atoms with Crippen LogP contribution in [-0.2, 0) is 4.79 Å². The third-order valence-corrected chi connectivity index (χ3v) is 5.03. The van der Waals surface area contributed by atoms with E-state index >= 15 is 0 Å². The molecule has 0 fully saturated rings. The number of methoxy groups -OCH3 is 2. The molecular weight excluding hydrogens is 358 g/mol. The molecule has 0 unspecified atom stereocenters. The van der Waals surface area contributed by atoms with E-state index in [4.69, 9.17) is 9.47 Å². The first-order valence-corrected chi connectivity index (χ1v) is 10.4. The number of carbonyl (C=O) groups excluding carboxylic acids is 1. The summed E-state index contributed by atoms with van der Waals surface area (Å²) in [6.45, 7) is 3.83. The molecule has 0 radical (unpaired) electrons. The molecule has 6 heteroatoms. The normalized spacial score (nSPS) is 10.7. The summed E-state index contributed by atoms with van der Waals surface area (Å²) in [5.41, 5.74) is 0.499. The van der Waals surface area contributed by atoms with Crippen LogP contribution in [0.3, 0.4) is 0 Å². The summed E-state index contributed by atoms with van der Waals surface area (Å²) in [5, 5.41) is 23.3. The maximum atomic E-state index is 12.2. The van der Waals surface area contributed by atoms with E-state index in [1.54, 1.807) is 6.92 Å². The number of ether oxygens (including phenoxy) is 2. The smallest absolute Gasteiger partial charge is 0.224 e. The second-order valence-electron chi connectivity index (χ2n) is 7.24. The first kappa shape index (κ1) is 23.9. The molecule has 0 heterocycles. The standard InChI is InChI=1S/C22H37NO5/c1-5-6-7-8-9-10-11-12-13-14-15-17(24)23-18-16(2)19(25)21(27-3)22(28-4)20(18)26/h25-26H,5-15H2,1-4H3,(H,23,24). The van der Waals surface area contributed by atoms with Gasteiger partial charge in [0.05, 0.1) is 19.9 Å². The van der Waals surface area contributed by atoms with Gasteiger partial charge in [0.15, 0.2) is 11.5 Å². The summed E-state index contributed by atoms with van der Waals surface area (Å²) < 4.78 is 10.2. The van der Waals surface area contributed by atoms with E-state index in [9.17, 15) is 15.0 Å². The van der Waals surface area contributed by atoms with Gasteiger partial charge in [0.1, 0.15) is 0 Å². The highest BCUT2D eigenvalue weighted by Gasteiger charge is 2.24. The lowest BCUT2D eigenvalue weighted by Crippen LogP contribution is -2.13. The number of unbranched alkanes of at least 4 members (excludes halogenated alkanes) is 9. The second kappa shape index (κ2) is 13.1. The largest absolute Gasteiger partial charge is 0.504 e. The van der Waals surface area contributed by atoms with Crippen molar-refractivity contribution in [3.8, 4) is 23.0 Å². The van der Waals surface area contributed by atoms with Gasteiger partial charge >= 0.3 is 0 Å². The molecule has 0 aliphatic carbocycles. The molecule has 1 amide bonds. The van der Waals surface area contributed by atoms with Crippen molar-refractivity contribution in [3.63, 3.8) is 0 Å². The van der Waals surface area contributed by atoms with Gasteiger partial charge in [-0.2, -0.15) is 0 Å². The van der Waals surface area contributed by atoms with E-state index in [0.717, 1.165) is 19.3 Å². The highest BCUT2D eigenvalue weighted by Crippen LogP contribution is 2.50. The zero-order valence-corrected chi connectivity index (χ0v) is 17.9. The fourth-order valence-electron chi connectivity index (χ4n) is 3.30. The quantitative estimate of drug-likeness (QED) is 0.214. The highest BCUT2D eigenvalue weighted by molar-refractivity contribution is 5.95. The van der Waals surface area contributed by atoms with Crippen molar-refractivity contribution in [2.45, 2.75) is 84.5 Å². The van der Waals surface area contributed by atoms with Gasteiger partial charge in [-0.1, -0.05) is 64.7 Å². The highest BCUT2D eigenvalue weighted by atomic mass is 16.5. The Bertz CT molecular complexity index is 616. The van der Waals surface area contributed by atoms with Gasteiger partial charge in [-0.25, -0.2) is 0 Å². The number of nitrogens with one attached hydrogen (secondary N) is 1. The maximum absolute atomic E-state index is 12.2. The number of phenolic OH excluding ortho intramolecular Hbond substituents is 2. The van der Waals surface area contributed by atoms with Crippen molar-refractivity contribution in [2.24, 2.45) is 0 Å². The minimum Gasteiger partial charge on any atom is -0.504 e. The molecule has 0 bridgehead atoms. The number of hydrogen-bond acceptors (Lipinski definition) is 5. The van der Waals surface area contributed by atoms with Gasteiger partial charge in [-0.3, -0.25) is 4.79 Å². The molecule has 0 spiro atoms. The summed E-state index contributed by atoms with van der Waals surface area (Å²) in [4.78, 5) is 12.2. The lowest BCUT2D eigenvalue weighted by Gasteiger charge is -2.18. The van der Waals surface area contributed by atoms with Crippen LogP contribution in [0.4, 0.5) is 5.69 Å². The molecule has 0 atom stereocenters. The predicted octanol–water partition coefficient (Wildman–Crippen LogP) is 5.67. The molecule has 1 rings (SSSR count). The summed E-state index contributed by atoms with van der Waals surface area (Å²) >= 11 is 0. The monoisotopic (exact) mass is 395 g/mol. The molecule has 0 aliphatic heterocycles. The number of anilines is 1. The number of phenols is 2. The van der Waals surface area contributed by atoms with Crippen molar-refractivity contribution < 1.29 is 24.5 Å². The fraction of sp³-hybridized carbons (Fsp3) is 0.682. The summed E-state index contributed by atoms with van der Waals surface area (Å²) in [6.07, 6.45) is 12.4. The van der Waals surface area contributed by atoms with Crippen LogP contribution in [-0.4, -0.2) is 30.3 Å². The Morgan fingerprint density at radius 2 is 1.29 bits per heavy atom. The van der Waals surface area contributed by atoms with Crippen LogP contribution in [0.25, 0.3) is 0 Å². The van der Waals surface area contributed by atoms with E-state index < -0.39 is 0 Å². The van der Waals surface area contributed by atoms with Crippen molar-refractivity contribution in [1.29, 1.82) is 0 Å². The van der Waals surface area contributed by atoms with Gasteiger partial charge < -0.3 is 25.0 Å².